The SMILES string of the molecule is CCOC(=O)CCCCC(C1CCCCC1)C1CCCCC1. The van der Waals surface area contributed by atoms with Crippen LogP contribution in [-0.4, -0.2) is 12.6 Å². The number of esters is 1. The van der Waals surface area contributed by atoms with Crippen molar-refractivity contribution in [2.45, 2.75) is 96.8 Å². The molecule has 0 atom stereocenters. The molecule has 0 unspecified atom stereocenters. The summed E-state index contributed by atoms with van der Waals surface area (Å²) >= 11 is 0. The Balaban J connectivity index is 1.77. The molecule has 0 heterocycles. The summed E-state index contributed by atoms with van der Waals surface area (Å²) in [5.41, 5.74) is 0. The van der Waals surface area contributed by atoms with E-state index in [1.165, 1.54) is 77.0 Å². The van der Waals surface area contributed by atoms with Gasteiger partial charge in [0.1, 0.15) is 0 Å². The van der Waals surface area contributed by atoms with Crippen molar-refractivity contribution in [3.05, 3.63) is 0 Å². The summed E-state index contributed by atoms with van der Waals surface area (Å²) in [6.07, 6.45) is 18.8. The summed E-state index contributed by atoms with van der Waals surface area (Å²) in [6.45, 7) is 2.41. The molecule has 0 aliphatic heterocycles. The summed E-state index contributed by atoms with van der Waals surface area (Å²) in [5.74, 6) is 2.91. The molecule has 2 nitrogen and oxygen atoms in total. The summed E-state index contributed by atoms with van der Waals surface area (Å²) in [4.78, 5) is 11.5. The average Bonchev–Trinajstić information content (AvgIpc) is 2.57. The van der Waals surface area contributed by atoms with Crippen LogP contribution in [0, 0.1) is 17.8 Å². The van der Waals surface area contributed by atoms with E-state index in [2.05, 4.69) is 0 Å². The molecule has 2 fully saturated rings. The summed E-state index contributed by atoms with van der Waals surface area (Å²) in [7, 11) is 0. The number of carbonyl (C=O) groups excluding carboxylic acids is 1. The molecule has 0 aromatic carbocycles. The molecule has 0 aromatic rings. The molecule has 2 aliphatic rings. The van der Waals surface area contributed by atoms with Crippen LogP contribution in [0.4, 0.5) is 0 Å². The van der Waals surface area contributed by atoms with Crippen molar-refractivity contribution in [2.75, 3.05) is 6.61 Å². The summed E-state index contributed by atoms with van der Waals surface area (Å²) in [5, 5.41) is 0. The van der Waals surface area contributed by atoms with Crippen molar-refractivity contribution >= 4 is 5.97 Å². The van der Waals surface area contributed by atoms with Crippen LogP contribution in [0.5, 0.6) is 0 Å². The molecule has 2 rings (SSSR count). The highest BCUT2D eigenvalue weighted by Crippen LogP contribution is 2.42. The normalized spacial score (nSPS) is 21.2. The first-order valence-corrected chi connectivity index (χ1v) is 9.97. The van der Waals surface area contributed by atoms with Gasteiger partial charge < -0.3 is 4.74 Å². The Hall–Kier alpha value is -0.530. The van der Waals surface area contributed by atoms with E-state index >= 15 is 0 Å². The first kappa shape index (κ1) is 17.8. The van der Waals surface area contributed by atoms with Crippen LogP contribution in [0.15, 0.2) is 0 Å². The van der Waals surface area contributed by atoms with E-state index < -0.39 is 0 Å². The lowest BCUT2D eigenvalue weighted by Crippen LogP contribution is -2.27. The van der Waals surface area contributed by atoms with Crippen LogP contribution in [0.25, 0.3) is 0 Å². The molecular weight excluding hydrogens is 272 g/mol. The molecule has 0 saturated heterocycles. The molecule has 0 radical (unpaired) electrons. The molecular formula is C20H36O2. The van der Waals surface area contributed by atoms with Gasteiger partial charge in [-0.1, -0.05) is 70.6 Å². The van der Waals surface area contributed by atoms with Crippen LogP contribution in [-0.2, 0) is 9.53 Å². The number of carbonyl (C=O) groups is 1. The molecule has 2 heteroatoms. The Morgan fingerprint density at radius 2 is 1.45 bits per heavy atom. The van der Waals surface area contributed by atoms with Gasteiger partial charge >= 0.3 is 5.97 Å². The average molecular weight is 309 g/mol. The van der Waals surface area contributed by atoms with Gasteiger partial charge in [-0.05, 0) is 37.5 Å². The van der Waals surface area contributed by atoms with Crippen molar-refractivity contribution in [3.8, 4) is 0 Å². The quantitative estimate of drug-likeness (QED) is 0.413. The minimum atomic E-state index is -0.00520. The van der Waals surface area contributed by atoms with E-state index in [1.807, 2.05) is 6.92 Å². The second kappa shape index (κ2) is 10.3. The van der Waals surface area contributed by atoms with E-state index in [0.29, 0.717) is 13.0 Å². The number of unbranched alkanes of at least 4 members (excludes halogenated alkanes) is 1. The zero-order chi connectivity index (χ0) is 15.6. The standard InChI is InChI=1S/C20H36O2/c1-2-22-20(21)16-10-9-15-19(17-11-5-3-6-12-17)18-13-7-4-8-14-18/h17-19H,2-16H2,1H3. The Morgan fingerprint density at radius 3 is 1.95 bits per heavy atom. The lowest BCUT2D eigenvalue weighted by Gasteiger charge is -2.38. The Morgan fingerprint density at radius 1 is 0.909 bits per heavy atom. The topological polar surface area (TPSA) is 26.3 Å². The maximum atomic E-state index is 11.5. The van der Waals surface area contributed by atoms with Crippen molar-refractivity contribution in [3.63, 3.8) is 0 Å². The van der Waals surface area contributed by atoms with Crippen LogP contribution < -0.4 is 0 Å². The van der Waals surface area contributed by atoms with Crippen molar-refractivity contribution in [1.29, 1.82) is 0 Å². The monoisotopic (exact) mass is 308 g/mol. The Kier molecular flexibility index (Phi) is 8.33. The second-order valence-electron chi connectivity index (χ2n) is 7.51. The van der Waals surface area contributed by atoms with Crippen LogP contribution >= 0.6 is 0 Å². The van der Waals surface area contributed by atoms with Gasteiger partial charge in [0.25, 0.3) is 0 Å². The highest BCUT2D eigenvalue weighted by Gasteiger charge is 2.30. The fourth-order valence-electron chi connectivity index (χ4n) is 4.86. The fourth-order valence-corrected chi connectivity index (χ4v) is 4.86. The van der Waals surface area contributed by atoms with E-state index in [0.717, 1.165) is 24.2 Å². The predicted molar refractivity (Wildman–Crippen MR) is 91.7 cm³/mol. The molecule has 0 amide bonds. The molecule has 128 valence electrons. The smallest absolute Gasteiger partial charge is 0.305 e. The lowest BCUT2D eigenvalue weighted by atomic mass is 9.68. The van der Waals surface area contributed by atoms with Crippen LogP contribution in [0.3, 0.4) is 0 Å². The summed E-state index contributed by atoms with van der Waals surface area (Å²) in [6, 6.07) is 0. The number of ether oxygens (including phenoxy) is 1. The first-order chi connectivity index (χ1) is 10.8. The van der Waals surface area contributed by atoms with Gasteiger partial charge in [0.2, 0.25) is 0 Å². The summed E-state index contributed by atoms with van der Waals surface area (Å²) < 4.78 is 5.04. The number of hydrogen-bond donors (Lipinski definition) is 0. The van der Waals surface area contributed by atoms with Crippen molar-refractivity contribution in [1.82, 2.24) is 0 Å². The van der Waals surface area contributed by atoms with Crippen LogP contribution in [0.2, 0.25) is 0 Å². The molecule has 2 saturated carbocycles. The van der Waals surface area contributed by atoms with Gasteiger partial charge in [-0.2, -0.15) is 0 Å². The second-order valence-corrected chi connectivity index (χ2v) is 7.51. The zero-order valence-corrected chi connectivity index (χ0v) is 14.7. The van der Waals surface area contributed by atoms with Gasteiger partial charge in [0, 0.05) is 6.42 Å². The largest absolute Gasteiger partial charge is 0.466 e. The van der Waals surface area contributed by atoms with Gasteiger partial charge in [0.05, 0.1) is 6.61 Å². The first-order valence-electron chi connectivity index (χ1n) is 9.97. The minimum absolute atomic E-state index is 0.00520. The molecule has 0 aromatic heterocycles. The van der Waals surface area contributed by atoms with Gasteiger partial charge in [0.15, 0.2) is 0 Å². The number of hydrogen-bond acceptors (Lipinski definition) is 2. The minimum Gasteiger partial charge on any atom is -0.466 e. The predicted octanol–water partition coefficient (Wildman–Crippen LogP) is 5.89. The van der Waals surface area contributed by atoms with Gasteiger partial charge in [-0.25, -0.2) is 0 Å². The van der Waals surface area contributed by atoms with E-state index in [-0.39, 0.29) is 5.97 Å². The zero-order valence-electron chi connectivity index (χ0n) is 14.7. The molecule has 2 aliphatic carbocycles. The van der Waals surface area contributed by atoms with E-state index in [4.69, 9.17) is 4.74 Å². The third-order valence-electron chi connectivity index (χ3n) is 5.98. The highest BCUT2D eigenvalue weighted by molar-refractivity contribution is 5.69. The Labute approximate surface area is 137 Å². The highest BCUT2D eigenvalue weighted by atomic mass is 16.5. The Bertz CT molecular complexity index is 283. The van der Waals surface area contributed by atoms with Crippen LogP contribution in [0.1, 0.15) is 96.8 Å². The third kappa shape index (κ3) is 5.93. The number of rotatable bonds is 8. The molecule has 0 N–H and O–H groups in total. The van der Waals surface area contributed by atoms with E-state index in [9.17, 15) is 4.79 Å². The molecule has 0 bridgehead atoms. The van der Waals surface area contributed by atoms with Gasteiger partial charge in [-0.3, -0.25) is 4.79 Å². The maximum Gasteiger partial charge on any atom is 0.305 e. The van der Waals surface area contributed by atoms with E-state index in [1.54, 1.807) is 0 Å². The van der Waals surface area contributed by atoms with Crippen molar-refractivity contribution in [2.24, 2.45) is 17.8 Å². The fraction of sp³-hybridized carbons (Fsp3) is 0.950. The molecule has 0 spiro atoms. The molecule has 22 heavy (non-hydrogen) atoms. The third-order valence-corrected chi connectivity index (χ3v) is 5.98. The lowest BCUT2D eigenvalue weighted by molar-refractivity contribution is -0.143. The van der Waals surface area contributed by atoms with Gasteiger partial charge in [-0.15, -0.1) is 0 Å². The maximum absolute atomic E-state index is 11.5. The van der Waals surface area contributed by atoms with Crippen molar-refractivity contribution < 1.29 is 9.53 Å².